The zero-order valence-electron chi connectivity index (χ0n) is 16.8. The van der Waals surface area contributed by atoms with Crippen molar-refractivity contribution >= 4 is 38.7 Å². The lowest BCUT2D eigenvalue weighted by atomic mass is 10.0. The van der Waals surface area contributed by atoms with Gasteiger partial charge >= 0.3 is 5.97 Å². The number of para-hydroxylation sites is 1. The van der Waals surface area contributed by atoms with Gasteiger partial charge in [0.2, 0.25) is 0 Å². The van der Waals surface area contributed by atoms with Crippen LogP contribution in [0.5, 0.6) is 0 Å². The summed E-state index contributed by atoms with van der Waals surface area (Å²) < 4.78 is 19.2. The fourth-order valence-electron chi connectivity index (χ4n) is 3.18. The first kappa shape index (κ1) is 21.6. The number of amides is 1. The quantitative estimate of drug-likeness (QED) is 0.372. The van der Waals surface area contributed by atoms with E-state index >= 15 is 0 Å². The molecule has 0 saturated heterocycles. The van der Waals surface area contributed by atoms with Crippen molar-refractivity contribution in [3.05, 3.63) is 100 Å². The Labute approximate surface area is 192 Å². The van der Waals surface area contributed by atoms with Gasteiger partial charge in [0.25, 0.3) is 5.91 Å². The summed E-state index contributed by atoms with van der Waals surface area (Å²) in [5.74, 6) is -1.41. The molecule has 0 unspecified atom stereocenters. The van der Waals surface area contributed by atoms with Gasteiger partial charge in [-0.3, -0.25) is 4.79 Å². The van der Waals surface area contributed by atoms with Gasteiger partial charge in [0.15, 0.2) is 6.61 Å². The maximum atomic E-state index is 13.0. The van der Waals surface area contributed by atoms with Crippen molar-refractivity contribution in [3.8, 4) is 11.3 Å². The first-order valence-corrected chi connectivity index (χ1v) is 10.6. The van der Waals surface area contributed by atoms with E-state index in [9.17, 15) is 14.0 Å². The smallest absolute Gasteiger partial charge is 0.339 e. The number of pyridine rings is 1. The van der Waals surface area contributed by atoms with E-state index in [0.717, 1.165) is 15.6 Å². The molecule has 0 aliphatic heterocycles. The van der Waals surface area contributed by atoms with Crippen LogP contribution in [0.3, 0.4) is 0 Å². The first-order valence-electron chi connectivity index (χ1n) is 9.83. The molecule has 32 heavy (non-hydrogen) atoms. The molecule has 1 N–H and O–H groups in total. The zero-order chi connectivity index (χ0) is 22.5. The minimum atomic E-state index is -0.612. The van der Waals surface area contributed by atoms with E-state index in [4.69, 9.17) is 4.74 Å². The van der Waals surface area contributed by atoms with Gasteiger partial charge < -0.3 is 10.1 Å². The lowest BCUT2D eigenvalue weighted by Crippen LogP contribution is -2.28. The number of rotatable bonds is 6. The van der Waals surface area contributed by atoms with Crippen LogP contribution in [0, 0.1) is 5.82 Å². The maximum Gasteiger partial charge on any atom is 0.339 e. The number of carbonyl (C=O) groups excluding carboxylic acids is 2. The summed E-state index contributed by atoms with van der Waals surface area (Å²) in [5, 5.41) is 3.29. The molecular weight excluding hydrogens is 475 g/mol. The van der Waals surface area contributed by atoms with Crippen molar-refractivity contribution in [1.82, 2.24) is 10.3 Å². The number of hydrogen-bond donors (Lipinski definition) is 1. The highest BCUT2D eigenvalue weighted by atomic mass is 79.9. The monoisotopic (exact) mass is 492 g/mol. The molecule has 5 nitrogen and oxygen atoms in total. The van der Waals surface area contributed by atoms with Crippen LogP contribution in [0.15, 0.2) is 83.3 Å². The van der Waals surface area contributed by atoms with Crippen LogP contribution >= 0.6 is 15.9 Å². The SMILES string of the molecule is O=C(COC(=O)c1cc(-c2ccc(Br)cc2)nc2ccccc12)NCc1ccc(F)cc1. The predicted octanol–water partition coefficient (Wildman–Crippen LogP) is 5.28. The lowest BCUT2D eigenvalue weighted by molar-refractivity contribution is -0.124. The number of ether oxygens (including phenoxy) is 1. The van der Waals surface area contributed by atoms with Gasteiger partial charge in [-0.15, -0.1) is 0 Å². The van der Waals surface area contributed by atoms with Gasteiger partial charge in [-0.05, 0) is 42.0 Å². The summed E-state index contributed by atoms with van der Waals surface area (Å²) >= 11 is 3.41. The molecule has 0 aliphatic rings. The third-order valence-electron chi connectivity index (χ3n) is 4.81. The molecule has 0 aliphatic carbocycles. The van der Waals surface area contributed by atoms with E-state index in [-0.39, 0.29) is 12.4 Å². The molecule has 1 heterocycles. The highest BCUT2D eigenvalue weighted by Crippen LogP contribution is 2.26. The molecule has 0 spiro atoms. The standard InChI is InChI=1S/C25H18BrFN2O3/c26-18-9-7-17(8-10-18)23-13-21(20-3-1-2-4-22(20)29-23)25(31)32-15-24(30)28-14-16-5-11-19(27)12-6-16/h1-13H,14-15H2,(H,28,30). The van der Waals surface area contributed by atoms with Gasteiger partial charge in [0, 0.05) is 22.0 Å². The molecule has 1 amide bonds. The minimum absolute atomic E-state index is 0.211. The van der Waals surface area contributed by atoms with E-state index in [0.29, 0.717) is 22.2 Å². The van der Waals surface area contributed by atoms with Gasteiger partial charge in [-0.1, -0.05) is 58.4 Å². The van der Waals surface area contributed by atoms with Crippen molar-refractivity contribution in [2.24, 2.45) is 0 Å². The summed E-state index contributed by atoms with van der Waals surface area (Å²) in [6.45, 7) is -0.215. The normalized spacial score (nSPS) is 10.7. The second-order valence-electron chi connectivity index (χ2n) is 7.06. The summed E-state index contributed by atoms with van der Waals surface area (Å²) in [6, 6.07) is 22.3. The first-order chi connectivity index (χ1) is 15.5. The Morgan fingerprint density at radius 2 is 1.69 bits per heavy atom. The Hall–Kier alpha value is -3.58. The molecule has 7 heteroatoms. The van der Waals surface area contributed by atoms with E-state index < -0.39 is 18.5 Å². The molecule has 0 saturated carbocycles. The average Bonchev–Trinajstić information content (AvgIpc) is 2.82. The van der Waals surface area contributed by atoms with Crippen molar-refractivity contribution in [3.63, 3.8) is 0 Å². The molecule has 160 valence electrons. The number of aromatic nitrogens is 1. The molecule has 3 aromatic carbocycles. The number of carbonyl (C=O) groups is 2. The van der Waals surface area contributed by atoms with Gasteiger partial charge in [-0.25, -0.2) is 14.2 Å². The van der Waals surface area contributed by atoms with Crippen LogP contribution in [-0.2, 0) is 16.1 Å². The fourth-order valence-corrected chi connectivity index (χ4v) is 3.44. The summed E-state index contributed by atoms with van der Waals surface area (Å²) in [7, 11) is 0. The van der Waals surface area contributed by atoms with E-state index in [1.54, 1.807) is 24.3 Å². The zero-order valence-corrected chi connectivity index (χ0v) is 18.4. The van der Waals surface area contributed by atoms with Gasteiger partial charge in [0.1, 0.15) is 5.82 Å². The number of nitrogens with one attached hydrogen (secondary N) is 1. The average molecular weight is 493 g/mol. The largest absolute Gasteiger partial charge is 0.452 e. The summed E-state index contributed by atoms with van der Waals surface area (Å²) in [6.07, 6.45) is 0. The predicted molar refractivity (Wildman–Crippen MR) is 123 cm³/mol. The van der Waals surface area contributed by atoms with Crippen LogP contribution in [0.1, 0.15) is 15.9 Å². The van der Waals surface area contributed by atoms with Crippen molar-refractivity contribution in [2.45, 2.75) is 6.54 Å². The fraction of sp³-hybridized carbons (Fsp3) is 0.0800. The molecule has 0 atom stereocenters. The van der Waals surface area contributed by atoms with E-state index in [1.165, 1.54) is 12.1 Å². The highest BCUT2D eigenvalue weighted by molar-refractivity contribution is 9.10. The van der Waals surface area contributed by atoms with Crippen molar-refractivity contribution in [1.29, 1.82) is 0 Å². The third-order valence-corrected chi connectivity index (χ3v) is 5.34. The number of esters is 1. The number of fused-ring (bicyclic) bond motifs is 1. The van der Waals surface area contributed by atoms with Crippen LogP contribution in [0.2, 0.25) is 0 Å². The molecular formula is C25H18BrFN2O3. The molecule has 0 bridgehead atoms. The second kappa shape index (κ2) is 9.70. The number of hydrogen-bond acceptors (Lipinski definition) is 4. The molecule has 4 rings (SSSR count). The Bertz CT molecular complexity index is 1270. The van der Waals surface area contributed by atoms with Crippen LogP contribution in [0.4, 0.5) is 4.39 Å². The third kappa shape index (κ3) is 5.18. The summed E-state index contributed by atoms with van der Waals surface area (Å²) in [4.78, 5) is 29.6. The molecule has 0 radical (unpaired) electrons. The van der Waals surface area contributed by atoms with Gasteiger partial charge in [-0.2, -0.15) is 0 Å². The topological polar surface area (TPSA) is 68.3 Å². The lowest BCUT2D eigenvalue weighted by Gasteiger charge is -2.11. The molecule has 0 fully saturated rings. The Morgan fingerprint density at radius 3 is 2.44 bits per heavy atom. The Balaban J connectivity index is 1.49. The summed E-state index contributed by atoms with van der Waals surface area (Å²) in [5.41, 5.74) is 3.21. The van der Waals surface area contributed by atoms with E-state index in [2.05, 4.69) is 26.2 Å². The van der Waals surface area contributed by atoms with Crippen molar-refractivity contribution in [2.75, 3.05) is 6.61 Å². The van der Waals surface area contributed by atoms with Gasteiger partial charge in [0.05, 0.1) is 16.8 Å². The minimum Gasteiger partial charge on any atom is -0.452 e. The number of nitrogens with zero attached hydrogens (tertiary/aromatic N) is 1. The van der Waals surface area contributed by atoms with Crippen LogP contribution < -0.4 is 5.32 Å². The van der Waals surface area contributed by atoms with Crippen molar-refractivity contribution < 1.29 is 18.7 Å². The highest BCUT2D eigenvalue weighted by Gasteiger charge is 2.16. The number of benzene rings is 3. The number of halogens is 2. The van der Waals surface area contributed by atoms with Crippen LogP contribution in [-0.4, -0.2) is 23.5 Å². The molecule has 1 aromatic heterocycles. The Morgan fingerprint density at radius 1 is 0.969 bits per heavy atom. The van der Waals surface area contributed by atoms with Crippen LogP contribution in [0.25, 0.3) is 22.2 Å². The molecule has 4 aromatic rings. The second-order valence-corrected chi connectivity index (χ2v) is 7.97. The maximum absolute atomic E-state index is 13.0. The van der Waals surface area contributed by atoms with E-state index in [1.807, 2.05) is 42.5 Å². The Kier molecular flexibility index (Phi) is 6.56.